The maximum Gasteiger partial charge on any atom is 0.227 e. The van der Waals surface area contributed by atoms with Crippen LogP contribution < -0.4 is 5.73 Å². The van der Waals surface area contributed by atoms with Gasteiger partial charge in [-0.15, -0.1) is 0 Å². The molecule has 0 aromatic rings. The van der Waals surface area contributed by atoms with Crippen molar-refractivity contribution in [2.45, 2.75) is 69.9 Å². The summed E-state index contributed by atoms with van der Waals surface area (Å²) in [5, 5.41) is 8.96. The summed E-state index contributed by atoms with van der Waals surface area (Å²) in [5.41, 5.74) is 6.21. The minimum atomic E-state index is 0.0391. The SMILES string of the molecule is NC1CCCCCC1C(=O)N1CCCC1CCCO. The molecule has 4 heteroatoms. The van der Waals surface area contributed by atoms with Crippen LogP contribution in [0.1, 0.15) is 57.8 Å². The maximum absolute atomic E-state index is 12.7. The Balaban J connectivity index is 1.96. The number of amides is 1. The fraction of sp³-hybridized carbons (Fsp3) is 0.933. The second-order valence-corrected chi connectivity index (χ2v) is 6.10. The molecular formula is C15H28N2O2. The highest BCUT2D eigenvalue weighted by atomic mass is 16.3. The number of rotatable bonds is 4. The number of carbonyl (C=O) groups is 1. The topological polar surface area (TPSA) is 66.6 Å². The van der Waals surface area contributed by atoms with Gasteiger partial charge in [0.1, 0.15) is 0 Å². The van der Waals surface area contributed by atoms with E-state index >= 15 is 0 Å². The van der Waals surface area contributed by atoms with Gasteiger partial charge in [0.2, 0.25) is 5.91 Å². The van der Waals surface area contributed by atoms with E-state index in [1.165, 1.54) is 12.8 Å². The summed E-state index contributed by atoms with van der Waals surface area (Å²) in [5.74, 6) is 0.326. The minimum absolute atomic E-state index is 0.0391. The first-order valence-electron chi connectivity index (χ1n) is 7.91. The second kappa shape index (κ2) is 7.25. The third kappa shape index (κ3) is 3.69. The predicted molar refractivity (Wildman–Crippen MR) is 75.6 cm³/mol. The van der Waals surface area contributed by atoms with Gasteiger partial charge in [-0.05, 0) is 38.5 Å². The summed E-state index contributed by atoms with van der Waals surface area (Å²) in [6.07, 6.45) is 9.39. The quantitative estimate of drug-likeness (QED) is 0.762. The maximum atomic E-state index is 12.7. The molecule has 2 aliphatic rings. The molecule has 2 rings (SSSR count). The largest absolute Gasteiger partial charge is 0.396 e. The van der Waals surface area contributed by atoms with Crippen LogP contribution in [0.25, 0.3) is 0 Å². The van der Waals surface area contributed by atoms with Crippen molar-refractivity contribution in [1.29, 1.82) is 0 Å². The molecule has 0 bridgehead atoms. The van der Waals surface area contributed by atoms with E-state index in [0.29, 0.717) is 6.04 Å². The molecular weight excluding hydrogens is 240 g/mol. The Morgan fingerprint density at radius 3 is 2.74 bits per heavy atom. The fourth-order valence-corrected chi connectivity index (χ4v) is 3.61. The zero-order valence-corrected chi connectivity index (χ0v) is 11.9. The van der Waals surface area contributed by atoms with E-state index in [1.807, 2.05) is 0 Å². The van der Waals surface area contributed by atoms with Crippen LogP contribution in [-0.4, -0.2) is 41.1 Å². The number of carbonyl (C=O) groups excluding carboxylic acids is 1. The molecule has 2 fully saturated rings. The van der Waals surface area contributed by atoms with E-state index in [4.69, 9.17) is 10.8 Å². The van der Waals surface area contributed by atoms with Crippen molar-refractivity contribution < 1.29 is 9.90 Å². The van der Waals surface area contributed by atoms with Crippen molar-refractivity contribution >= 4 is 5.91 Å². The van der Waals surface area contributed by atoms with Gasteiger partial charge in [-0.2, -0.15) is 0 Å². The van der Waals surface area contributed by atoms with Crippen molar-refractivity contribution in [1.82, 2.24) is 4.90 Å². The van der Waals surface area contributed by atoms with Gasteiger partial charge < -0.3 is 15.7 Å². The van der Waals surface area contributed by atoms with E-state index in [-0.39, 0.29) is 24.5 Å². The fourth-order valence-electron chi connectivity index (χ4n) is 3.61. The lowest BCUT2D eigenvalue weighted by Crippen LogP contribution is -2.45. The molecule has 1 aliphatic carbocycles. The molecule has 1 heterocycles. The van der Waals surface area contributed by atoms with Gasteiger partial charge in [-0.25, -0.2) is 0 Å². The van der Waals surface area contributed by atoms with Crippen LogP contribution in [-0.2, 0) is 4.79 Å². The molecule has 110 valence electrons. The summed E-state index contributed by atoms with van der Waals surface area (Å²) >= 11 is 0. The average Bonchev–Trinajstić information content (AvgIpc) is 2.77. The van der Waals surface area contributed by atoms with E-state index in [0.717, 1.165) is 51.5 Å². The molecule has 19 heavy (non-hydrogen) atoms. The number of nitrogens with two attached hydrogens (primary N) is 1. The summed E-state index contributed by atoms with van der Waals surface area (Å²) in [7, 11) is 0. The highest BCUT2D eigenvalue weighted by Gasteiger charge is 2.35. The lowest BCUT2D eigenvalue weighted by molar-refractivity contribution is -0.137. The lowest BCUT2D eigenvalue weighted by atomic mass is 9.93. The summed E-state index contributed by atoms with van der Waals surface area (Å²) in [4.78, 5) is 14.8. The van der Waals surface area contributed by atoms with Gasteiger partial charge in [0.15, 0.2) is 0 Å². The van der Waals surface area contributed by atoms with Gasteiger partial charge in [0, 0.05) is 25.2 Å². The number of nitrogens with zero attached hydrogens (tertiary/aromatic N) is 1. The monoisotopic (exact) mass is 268 g/mol. The van der Waals surface area contributed by atoms with Crippen LogP contribution in [0.4, 0.5) is 0 Å². The van der Waals surface area contributed by atoms with E-state index < -0.39 is 0 Å². The number of likely N-dealkylation sites (tertiary alicyclic amines) is 1. The Bertz CT molecular complexity index is 296. The van der Waals surface area contributed by atoms with Crippen LogP contribution in [0.15, 0.2) is 0 Å². The Kier molecular flexibility index (Phi) is 5.64. The van der Waals surface area contributed by atoms with Gasteiger partial charge in [0.25, 0.3) is 0 Å². The molecule has 1 amide bonds. The zero-order chi connectivity index (χ0) is 13.7. The van der Waals surface area contributed by atoms with Gasteiger partial charge in [-0.3, -0.25) is 4.79 Å². The molecule has 3 atom stereocenters. The highest BCUT2D eigenvalue weighted by molar-refractivity contribution is 5.80. The number of aliphatic hydroxyl groups is 1. The molecule has 1 saturated heterocycles. The lowest BCUT2D eigenvalue weighted by Gasteiger charge is -2.30. The Hall–Kier alpha value is -0.610. The van der Waals surface area contributed by atoms with Gasteiger partial charge in [-0.1, -0.05) is 19.3 Å². The van der Waals surface area contributed by atoms with Crippen molar-refractivity contribution in [3.8, 4) is 0 Å². The Morgan fingerprint density at radius 2 is 1.95 bits per heavy atom. The molecule has 3 unspecified atom stereocenters. The van der Waals surface area contributed by atoms with E-state index in [2.05, 4.69) is 4.90 Å². The predicted octanol–water partition coefficient (Wildman–Crippen LogP) is 1.66. The van der Waals surface area contributed by atoms with Crippen molar-refractivity contribution in [3.05, 3.63) is 0 Å². The number of hydrogen-bond acceptors (Lipinski definition) is 3. The van der Waals surface area contributed by atoms with Crippen LogP contribution in [0.5, 0.6) is 0 Å². The Labute approximate surface area is 116 Å². The molecule has 0 aromatic heterocycles. The second-order valence-electron chi connectivity index (χ2n) is 6.10. The van der Waals surface area contributed by atoms with Crippen LogP contribution in [0, 0.1) is 5.92 Å². The standard InChI is InChI=1S/C15H28N2O2/c16-14-9-3-1-2-8-13(14)15(19)17-10-4-6-12(17)7-5-11-18/h12-14,18H,1-11,16H2. The smallest absolute Gasteiger partial charge is 0.227 e. The number of hydrogen-bond donors (Lipinski definition) is 2. The normalized spacial score (nSPS) is 32.3. The van der Waals surface area contributed by atoms with Crippen molar-refractivity contribution in [3.63, 3.8) is 0 Å². The molecule has 1 saturated carbocycles. The van der Waals surface area contributed by atoms with Gasteiger partial charge >= 0.3 is 0 Å². The first-order valence-corrected chi connectivity index (χ1v) is 7.91. The minimum Gasteiger partial charge on any atom is -0.396 e. The first-order chi connectivity index (χ1) is 9.24. The van der Waals surface area contributed by atoms with Crippen molar-refractivity contribution in [2.75, 3.05) is 13.2 Å². The highest BCUT2D eigenvalue weighted by Crippen LogP contribution is 2.29. The zero-order valence-electron chi connectivity index (χ0n) is 11.9. The number of aliphatic hydroxyl groups excluding tert-OH is 1. The third-order valence-corrected chi connectivity index (χ3v) is 4.74. The van der Waals surface area contributed by atoms with Gasteiger partial charge in [0.05, 0.1) is 5.92 Å². The molecule has 3 N–H and O–H groups in total. The van der Waals surface area contributed by atoms with Crippen LogP contribution >= 0.6 is 0 Å². The summed E-state index contributed by atoms with van der Waals surface area (Å²) in [6.45, 7) is 1.11. The van der Waals surface area contributed by atoms with E-state index in [9.17, 15) is 4.79 Å². The molecule has 0 radical (unpaired) electrons. The Morgan fingerprint density at radius 1 is 1.16 bits per heavy atom. The van der Waals surface area contributed by atoms with Crippen LogP contribution in [0.2, 0.25) is 0 Å². The molecule has 0 spiro atoms. The third-order valence-electron chi connectivity index (χ3n) is 4.74. The summed E-state index contributed by atoms with van der Waals surface area (Å²) < 4.78 is 0. The van der Waals surface area contributed by atoms with Crippen molar-refractivity contribution in [2.24, 2.45) is 11.7 Å². The molecule has 0 aromatic carbocycles. The molecule has 4 nitrogen and oxygen atoms in total. The van der Waals surface area contributed by atoms with Crippen LogP contribution in [0.3, 0.4) is 0 Å². The summed E-state index contributed by atoms with van der Waals surface area (Å²) in [6, 6.07) is 0.393. The average molecular weight is 268 g/mol. The van der Waals surface area contributed by atoms with E-state index in [1.54, 1.807) is 0 Å². The molecule has 1 aliphatic heterocycles. The first kappa shape index (κ1) is 14.8.